The third kappa shape index (κ3) is 3.18. The zero-order chi connectivity index (χ0) is 15.6. The van der Waals surface area contributed by atoms with Crippen molar-refractivity contribution in [3.8, 4) is 0 Å². The molecule has 0 N–H and O–H groups in total. The van der Waals surface area contributed by atoms with Crippen LogP contribution in [0.1, 0.15) is 23.8 Å². The topological polar surface area (TPSA) is 30.8 Å². The number of hydrogen-bond acceptors (Lipinski definition) is 4. The van der Waals surface area contributed by atoms with Gasteiger partial charge in [0.15, 0.2) is 5.60 Å². The van der Waals surface area contributed by atoms with E-state index in [-0.39, 0.29) is 18.8 Å². The van der Waals surface area contributed by atoms with Gasteiger partial charge in [-0.25, -0.2) is 8.78 Å². The fourth-order valence-corrected chi connectivity index (χ4v) is 2.98. The highest BCUT2D eigenvalue weighted by Gasteiger charge is 2.35. The molecular weight excluding hydrogens is 308 g/mol. The van der Waals surface area contributed by atoms with Gasteiger partial charge in [0.2, 0.25) is 0 Å². The molecular formula is C16H15F2NO2S. The molecule has 22 heavy (non-hydrogen) atoms. The van der Waals surface area contributed by atoms with E-state index in [0.717, 1.165) is 10.6 Å². The number of oxime groups is 1. The molecule has 0 fully saturated rings. The van der Waals surface area contributed by atoms with Gasteiger partial charge in [-0.3, -0.25) is 0 Å². The van der Waals surface area contributed by atoms with Crippen LogP contribution in [-0.4, -0.2) is 17.9 Å². The Balaban J connectivity index is 1.56. The average molecular weight is 323 g/mol. The molecule has 3 nitrogen and oxygen atoms in total. The Morgan fingerprint density at radius 2 is 2.05 bits per heavy atom. The van der Waals surface area contributed by atoms with E-state index < -0.39 is 17.2 Å². The lowest BCUT2D eigenvalue weighted by molar-refractivity contribution is -0.0716. The lowest BCUT2D eigenvalue weighted by atomic mass is 10.0. The number of thiophene rings is 1. The first-order valence-electron chi connectivity index (χ1n) is 6.87. The fraction of sp³-hybridized carbons (Fsp3) is 0.312. The van der Waals surface area contributed by atoms with Crippen molar-refractivity contribution in [3.05, 3.63) is 57.8 Å². The Hall–Kier alpha value is -1.79. The molecule has 0 spiro atoms. The maximum Gasteiger partial charge on any atom is 0.163 e. The lowest BCUT2D eigenvalue weighted by Gasteiger charge is -2.21. The summed E-state index contributed by atoms with van der Waals surface area (Å²) in [5, 5.41) is 6.07. The van der Waals surface area contributed by atoms with Crippen molar-refractivity contribution in [1.82, 2.24) is 0 Å². The Labute approximate surface area is 131 Å². The van der Waals surface area contributed by atoms with Crippen molar-refractivity contribution in [1.29, 1.82) is 0 Å². The summed E-state index contributed by atoms with van der Waals surface area (Å²) in [6, 6.07) is 7.70. The van der Waals surface area contributed by atoms with Crippen molar-refractivity contribution >= 4 is 17.0 Å². The number of rotatable bonds is 5. The normalized spacial score (nSPS) is 20.8. The van der Waals surface area contributed by atoms with Crippen LogP contribution in [0.25, 0.3) is 0 Å². The van der Waals surface area contributed by atoms with E-state index in [1.54, 1.807) is 11.3 Å². The molecule has 116 valence electrons. The Kier molecular flexibility index (Phi) is 4.22. The van der Waals surface area contributed by atoms with Gasteiger partial charge in [0, 0.05) is 12.0 Å². The SMILES string of the molecule is CC1(COCc2c(F)cccc2F)CC(c2cccs2)=NO1. The molecule has 0 saturated heterocycles. The smallest absolute Gasteiger partial charge is 0.163 e. The van der Waals surface area contributed by atoms with E-state index >= 15 is 0 Å². The summed E-state index contributed by atoms with van der Waals surface area (Å²) in [7, 11) is 0. The van der Waals surface area contributed by atoms with Gasteiger partial charge in [0.05, 0.1) is 18.1 Å². The minimum atomic E-state index is -0.610. The first kappa shape index (κ1) is 15.1. The zero-order valence-corrected chi connectivity index (χ0v) is 12.8. The molecule has 1 unspecified atom stereocenters. The van der Waals surface area contributed by atoms with Crippen LogP contribution >= 0.6 is 11.3 Å². The second-order valence-electron chi connectivity index (χ2n) is 5.43. The second kappa shape index (κ2) is 6.14. The highest BCUT2D eigenvalue weighted by Crippen LogP contribution is 2.29. The predicted octanol–water partition coefficient (Wildman–Crippen LogP) is 4.13. The minimum Gasteiger partial charge on any atom is -0.386 e. The second-order valence-corrected chi connectivity index (χ2v) is 6.37. The van der Waals surface area contributed by atoms with Crippen LogP contribution in [0.2, 0.25) is 0 Å². The van der Waals surface area contributed by atoms with Crippen LogP contribution in [0.15, 0.2) is 40.9 Å². The maximum atomic E-state index is 13.5. The molecule has 0 radical (unpaired) electrons. The van der Waals surface area contributed by atoms with Crippen LogP contribution < -0.4 is 0 Å². The van der Waals surface area contributed by atoms with Crippen molar-refractivity contribution in [2.75, 3.05) is 6.61 Å². The number of hydrogen-bond donors (Lipinski definition) is 0. The Morgan fingerprint density at radius 3 is 2.73 bits per heavy atom. The highest BCUT2D eigenvalue weighted by molar-refractivity contribution is 7.12. The van der Waals surface area contributed by atoms with E-state index in [9.17, 15) is 8.78 Å². The highest BCUT2D eigenvalue weighted by atomic mass is 32.1. The number of halogens is 2. The molecule has 1 aromatic heterocycles. The van der Waals surface area contributed by atoms with Gasteiger partial charge >= 0.3 is 0 Å². The van der Waals surface area contributed by atoms with Crippen LogP contribution in [0.3, 0.4) is 0 Å². The Bertz CT molecular complexity index is 667. The summed E-state index contributed by atoms with van der Waals surface area (Å²) in [6.07, 6.45) is 0.604. The van der Waals surface area contributed by atoms with Crippen LogP contribution in [0.4, 0.5) is 8.78 Å². The molecule has 0 bridgehead atoms. The summed E-state index contributed by atoms with van der Waals surface area (Å²) in [5.74, 6) is -1.21. The molecule has 0 amide bonds. The first-order valence-corrected chi connectivity index (χ1v) is 7.75. The minimum absolute atomic E-state index is 0.0662. The zero-order valence-electron chi connectivity index (χ0n) is 12.0. The third-order valence-corrected chi connectivity index (χ3v) is 4.36. The number of nitrogens with zero attached hydrogens (tertiary/aromatic N) is 1. The summed E-state index contributed by atoms with van der Waals surface area (Å²) in [6.45, 7) is 1.94. The fourth-order valence-electron chi connectivity index (χ4n) is 2.28. The van der Waals surface area contributed by atoms with Crippen molar-refractivity contribution in [2.45, 2.75) is 25.6 Å². The van der Waals surface area contributed by atoms with Crippen molar-refractivity contribution < 1.29 is 18.4 Å². The Morgan fingerprint density at radius 1 is 1.27 bits per heavy atom. The number of benzene rings is 1. The largest absolute Gasteiger partial charge is 0.386 e. The number of ether oxygens (including phenoxy) is 1. The molecule has 1 aromatic carbocycles. The first-order chi connectivity index (χ1) is 10.6. The van der Waals surface area contributed by atoms with E-state index in [0.29, 0.717) is 6.42 Å². The molecule has 1 aliphatic heterocycles. The quantitative estimate of drug-likeness (QED) is 0.828. The van der Waals surface area contributed by atoms with Crippen molar-refractivity contribution in [3.63, 3.8) is 0 Å². The van der Waals surface area contributed by atoms with Gasteiger partial charge in [-0.1, -0.05) is 17.3 Å². The van der Waals surface area contributed by atoms with Gasteiger partial charge in [-0.05, 0) is 30.5 Å². The summed E-state index contributed by atoms with van der Waals surface area (Å²) < 4.78 is 32.5. The van der Waals surface area contributed by atoms with E-state index in [1.807, 2.05) is 24.4 Å². The molecule has 0 saturated carbocycles. The maximum absolute atomic E-state index is 13.5. The average Bonchev–Trinajstić information content (AvgIpc) is 3.12. The van der Waals surface area contributed by atoms with Gasteiger partial charge < -0.3 is 9.57 Å². The molecule has 2 heterocycles. The molecule has 1 aliphatic rings. The van der Waals surface area contributed by atoms with Gasteiger partial charge in [0.25, 0.3) is 0 Å². The molecule has 1 atom stereocenters. The van der Waals surface area contributed by atoms with Gasteiger partial charge in [-0.15, -0.1) is 11.3 Å². The van der Waals surface area contributed by atoms with Gasteiger partial charge in [-0.2, -0.15) is 0 Å². The summed E-state index contributed by atoms with van der Waals surface area (Å²) in [5.41, 5.74) is 0.197. The summed E-state index contributed by atoms with van der Waals surface area (Å²) >= 11 is 1.59. The van der Waals surface area contributed by atoms with E-state index in [1.165, 1.54) is 18.2 Å². The lowest BCUT2D eigenvalue weighted by Crippen LogP contribution is -2.31. The molecule has 6 heteroatoms. The van der Waals surface area contributed by atoms with Crippen LogP contribution in [0, 0.1) is 11.6 Å². The predicted molar refractivity (Wildman–Crippen MR) is 81.0 cm³/mol. The van der Waals surface area contributed by atoms with Crippen LogP contribution in [-0.2, 0) is 16.2 Å². The summed E-state index contributed by atoms with van der Waals surface area (Å²) in [4.78, 5) is 6.52. The third-order valence-electron chi connectivity index (χ3n) is 3.44. The van der Waals surface area contributed by atoms with E-state index in [4.69, 9.17) is 9.57 Å². The molecule has 0 aliphatic carbocycles. The van der Waals surface area contributed by atoms with E-state index in [2.05, 4.69) is 5.16 Å². The van der Waals surface area contributed by atoms with Crippen molar-refractivity contribution in [2.24, 2.45) is 5.16 Å². The monoisotopic (exact) mass is 323 g/mol. The standard InChI is InChI=1S/C16H15F2NO2S/c1-16(8-14(19-21-16)15-6-3-7-22-15)10-20-9-11-12(17)4-2-5-13(11)18/h2-7H,8-10H2,1H3. The molecule has 2 aromatic rings. The van der Waals surface area contributed by atoms with Gasteiger partial charge in [0.1, 0.15) is 17.3 Å². The molecule has 3 rings (SSSR count). The van der Waals surface area contributed by atoms with Crippen LogP contribution in [0.5, 0.6) is 0 Å².